The standard InChI is InChI=1S/C19H26NO3P.ClH/c1-4-19(3,18-14-10-7-11-15-18)23-24(21,22-5-2)20-16-17-12-8-6-9-13-17;/h6-15H,4-5,16H2,1-3H3,(H,20,21);1H. The van der Waals surface area contributed by atoms with Gasteiger partial charge in [-0.1, -0.05) is 67.6 Å². The van der Waals surface area contributed by atoms with Gasteiger partial charge in [0.15, 0.2) is 0 Å². The van der Waals surface area contributed by atoms with Crippen molar-refractivity contribution >= 4 is 20.2 Å². The van der Waals surface area contributed by atoms with Gasteiger partial charge in [0.2, 0.25) is 0 Å². The van der Waals surface area contributed by atoms with Gasteiger partial charge in [0, 0.05) is 6.54 Å². The maximum Gasteiger partial charge on any atom is 0.406 e. The van der Waals surface area contributed by atoms with Gasteiger partial charge < -0.3 is 0 Å². The van der Waals surface area contributed by atoms with E-state index in [0.717, 1.165) is 11.1 Å². The number of hydrogen-bond donors (Lipinski definition) is 1. The number of rotatable bonds is 9. The summed E-state index contributed by atoms with van der Waals surface area (Å²) in [4.78, 5) is 0. The lowest BCUT2D eigenvalue weighted by Crippen LogP contribution is -2.28. The predicted octanol–water partition coefficient (Wildman–Crippen LogP) is 5.68. The van der Waals surface area contributed by atoms with E-state index in [-0.39, 0.29) is 12.4 Å². The van der Waals surface area contributed by atoms with Crippen molar-refractivity contribution in [2.75, 3.05) is 6.61 Å². The highest BCUT2D eigenvalue weighted by Crippen LogP contribution is 2.51. The van der Waals surface area contributed by atoms with Crippen LogP contribution in [0.3, 0.4) is 0 Å². The first-order valence-corrected chi connectivity index (χ1v) is 9.85. The third-order valence-corrected chi connectivity index (χ3v) is 5.79. The maximum absolute atomic E-state index is 13.2. The van der Waals surface area contributed by atoms with Crippen molar-refractivity contribution in [1.82, 2.24) is 5.09 Å². The van der Waals surface area contributed by atoms with E-state index >= 15 is 0 Å². The van der Waals surface area contributed by atoms with Crippen LogP contribution in [0.15, 0.2) is 60.7 Å². The Labute approximate surface area is 156 Å². The number of hydrogen-bond acceptors (Lipinski definition) is 3. The van der Waals surface area contributed by atoms with Crippen LogP contribution < -0.4 is 5.09 Å². The van der Waals surface area contributed by atoms with Crippen LogP contribution >= 0.6 is 20.2 Å². The molecule has 0 saturated heterocycles. The van der Waals surface area contributed by atoms with Crippen molar-refractivity contribution in [2.45, 2.75) is 39.3 Å². The Balaban J connectivity index is 0.00000312. The summed E-state index contributed by atoms with van der Waals surface area (Å²) in [6.45, 7) is 6.51. The molecule has 2 unspecified atom stereocenters. The fourth-order valence-electron chi connectivity index (χ4n) is 2.44. The van der Waals surface area contributed by atoms with E-state index in [0.29, 0.717) is 19.6 Å². The second-order valence-electron chi connectivity index (χ2n) is 5.78. The van der Waals surface area contributed by atoms with Crippen molar-refractivity contribution in [3.05, 3.63) is 71.8 Å². The zero-order valence-corrected chi connectivity index (χ0v) is 16.7. The van der Waals surface area contributed by atoms with Gasteiger partial charge in [0.1, 0.15) is 5.60 Å². The second kappa shape index (κ2) is 10.1. The quantitative estimate of drug-likeness (QED) is 0.565. The molecule has 0 radical (unpaired) electrons. The summed E-state index contributed by atoms with van der Waals surface area (Å²) in [6.07, 6.45) is 0.682. The van der Waals surface area contributed by atoms with Gasteiger partial charge >= 0.3 is 7.75 Å². The molecule has 6 heteroatoms. The van der Waals surface area contributed by atoms with Gasteiger partial charge in [-0.3, -0.25) is 9.05 Å². The predicted molar refractivity (Wildman–Crippen MR) is 105 cm³/mol. The average molecular weight is 384 g/mol. The van der Waals surface area contributed by atoms with Crippen LogP contribution in [0.2, 0.25) is 0 Å². The molecule has 0 heterocycles. The minimum absolute atomic E-state index is 0. The molecule has 2 aromatic rings. The Morgan fingerprint density at radius 1 is 1.00 bits per heavy atom. The summed E-state index contributed by atoms with van der Waals surface area (Å²) in [5.74, 6) is 0. The Kier molecular flexibility index (Phi) is 8.84. The molecule has 25 heavy (non-hydrogen) atoms. The van der Waals surface area contributed by atoms with E-state index in [4.69, 9.17) is 9.05 Å². The molecule has 0 fully saturated rings. The van der Waals surface area contributed by atoms with Crippen LogP contribution in [0.4, 0.5) is 0 Å². The fourth-order valence-corrected chi connectivity index (χ4v) is 4.13. The molecule has 0 saturated carbocycles. The first-order valence-electron chi connectivity index (χ1n) is 8.31. The van der Waals surface area contributed by atoms with Crippen LogP contribution in [0, 0.1) is 0 Å². The molecule has 0 aromatic heterocycles. The van der Waals surface area contributed by atoms with Crippen LogP contribution in [0.5, 0.6) is 0 Å². The summed E-state index contributed by atoms with van der Waals surface area (Å²) in [5.41, 5.74) is 1.32. The van der Waals surface area contributed by atoms with Gasteiger partial charge in [-0.15, -0.1) is 12.4 Å². The minimum atomic E-state index is -3.44. The molecule has 138 valence electrons. The zero-order valence-electron chi connectivity index (χ0n) is 15.0. The van der Waals surface area contributed by atoms with Crippen molar-refractivity contribution in [3.8, 4) is 0 Å². The lowest BCUT2D eigenvalue weighted by atomic mass is 9.94. The monoisotopic (exact) mass is 383 g/mol. The lowest BCUT2D eigenvalue weighted by molar-refractivity contribution is 0.0527. The Morgan fingerprint density at radius 3 is 2.08 bits per heavy atom. The topological polar surface area (TPSA) is 47.6 Å². The highest BCUT2D eigenvalue weighted by molar-refractivity contribution is 7.51. The van der Waals surface area contributed by atoms with Gasteiger partial charge in [-0.2, -0.15) is 0 Å². The summed E-state index contributed by atoms with van der Waals surface area (Å²) in [7, 11) is -3.44. The lowest BCUT2D eigenvalue weighted by Gasteiger charge is -2.33. The Hall–Kier alpha value is -1.16. The van der Waals surface area contributed by atoms with E-state index in [1.807, 2.05) is 81.4 Å². The molecule has 0 aliphatic heterocycles. The van der Waals surface area contributed by atoms with E-state index in [1.54, 1.807) is 0 Å². The molecule has 0 spiro atoms. The maximum atomic E-state index is 13.2. The smallest absolute Gasteiger partial charge is 0.297 e. The molecule has 0 bridgehead atoms. The van der Waals surface area contributed by atoms with Gasteiger partial charge in [-0.05, 0) is 31.4 Å². The highest BCUT2D eigenvalue weighted by Gasteiger charge is 2.36. The first-order chi connectivity index (χ1) is 11.5. The summed E-state index contributed by atoms with van der Waals surface area (Å²) in [5, 5.41) is 2.98. The van der Waals surface area contributed by atoms with Crippen molar-refractivity contribution in [3.63, 3.8) is 0 Å². The summed E-state index contributed by atoms with van der Waals surface area (Å²) in [6, 6.07) is 19.6. The molecular weight excluding hydrogens is 357 g/mol. The minimum Gasteiger partial charge on any atom is -0.297 e. The molecule has 2 aromatic carbocycles. The van der Waals surface area contributed by atoms with Crippen LogP contribution in [0.1, 0.15) is 38.3 Å². The molecule has 2 rings (SSSR count). The second-order valence-corrected chi connectivity index (χ2v) is 7.53. The van der Waals surface area contributed by atoms with Crippen LogP contribution in [0.25, 0.3) is 0 Å². The van der Waals surface area contributed by atoms with E-state index in [1.165, 1.54) is 0 Å². The Bertz CT molecular complexity index is 669. The molecule has 4 nitrogen and oxygen atoms in total. The SMILES string of the molecule is CCOP(=O)(NCc1ccccc1)OC(C)(CC)c1ccccc1.Cl. The fraction of sp³-hybridized carbons (Fsp3) is 0.368. The number of benzene rings is 2. The van der Waals surface area contributed by atoms with Crippen molar-refractivity contribution < 1.29 is 13.6 Å². The average Bonchev–Trinajstić information content (AvgIpc) is 2.62. The van der Waals surface area contributed by atoms with E-state index < -0.39 is 13.3 Å². The normalized spacial score (nSPS) is 15.6. The van der Waals surface area contributed by atoms with E-state index in [2.05, 4.69) is 5.09 Å². The van der Waals surface area contributed by atoms with Crippen LogP contribution in [-0.2, 0) is 25.8 Å². The third-order valence-electron chi connectivity index (χ3n) is 4.00. The zero-order chi connectivity index (χ0) is 17.5. The molecule has 0 aliphatic carbocycles. The van der Waals surface area contributed by atoms with E-state index in [9.17, 15) is 4.57 Å². The molecule has 2 atom stereocenters. The Morgan fingerprint density at radius 2 is 1.56 bits per heavy atom. The molecular formula is C19H27ClNO3P. The number of nitrogens with one attached hydrogen (secondary N) is 1. The van der Waals surface area contributed by atoms with Gasteiger partial charge in [-0.25, -0.2) is 9.65 Å². The summed E-state index contributed by atoms with van der Waals surface area (Å²) >= 11 is 0. The van der Waals surface area contributed by atoms with Gasteiger partial charge in [0.25, 0.3) is 0 Å². The van der Waals surface area contributed by atoms with Gasteiger partial charge in [0.05, 0.1) is 6.61 Å². The van der Waals surface area contributed by atoms with Crippen LogP contribution in [-0.4, -0.2) is 6.61 Å². The summed E-state index contributed by atoms with van der Waals surface area (Å²) < 4.78 is 24.7. The molecule has 0 amide bonds. The third kappa shape index (κ3) is 6.25. The van der Waals surface area contributed by atoms with Crippen molar-refractivity contribution in [1.29, 1.82) is 0 Å². The highest BCUT2D eigenvalue weighted by atomic mass is 35.5. The largest absolute Gasteiger partial charge is 0.406 e. The molecule has 0 aliphatic rings. The van der Waals surface area contributed by atoms with Crippen molar-refractivity contribution in [2.24, 2.45) is 0 Å². The first kappa shape index (κ1) is 21.9. The number of halogens is 1. The molecule has 1 N–H and O–H groups in total.